The van der Waals surface area contributed by atoms with Crippen LogP contribution in [-0.2, 0) is 4.79 Å². The number of amides is 2. The predicted molar refractivity (Wildman–Crippen MR) is 102 cm³/mol. The molecule has 2 N–H and O–H groups in total. The molecule has 2 amide bonds. The van der Waals surface area contributed by atoms with Crippen LogP contribution in [0, 0.1) is 0 Å². The maximum atomic E-state index is 12.0. The van der Waals surface area contributed by atoms with Gasteiger partial charge in [0, 0.05) is 10.0 Å². The summed E-state index contributed by atoms with van der Waals surface area (Å²) in [4.78, 5) is 23.7. The van der Waals surface area contributed by atoms with Gasteiger partial charge in [0.1, 0.15) is 0 Å². The first-order chi connectivity index (χ1) is 12.5. The average molecular weight is 420 g/mol. The third-order valence-corrected chi connectivity index (χ3v) is 3.80. The van der Waals surface area contributed by atoms with Gasteiger partial charge in [-0.3, -0.25) is 9.59 Å². The van der Waals surface area contributed by atoms with E-state index in [9.17, 15) is 9.59 Å². The van der Waals surface area contributed by atoms with E-state index in [-0.39, 0.29) is 12.5 Å². The second-order valence-electron chi connectivity index (χ2n) is 5.10. The van der Waals surface area contributed by atoms with Crippen molar-refractivity contribution in [1.29, 1.82) is 0 Å². The zero-order valence-corrected chi connectivity index (χ0v) is 15.9. The molecule has 0 bridgehead atoms. The second-order valence-corrected chi connectivity index (χ2v) is 6.02. The Kier molecular flexibility index (Phi) is 7.16. The van der Waals surface area contributed by atoms with E-state index < -0.39 is 5.91 Å². The number of carbonyl (C=O) groups is 2. The quantitative estimate of drug-likeness (QED) is 0.532. The van der Waals surface area contributed by atoms with Crippen LogP contribution in [0.15, 0.2) is 52.0 Å². The largest absolute Gasteiger partial charge is 0.493 e. The van der Waals surface area contributed by atoms with Crippen molar-refractivity contribution in [3.63, 3.8) is 0 Å². The summed E-state index contributed by atoms with van der Waals surface area (Å²) in [6.07, 6.45) is 1.47. The first-order valence-electron chi connectivity index (χ1n) is 7.61. The number of ether oxygens (including phenoxy) is 2. The van der Waals surface area contributed by atoms with E-state index in [1.807, 2.05) is 6.07 Å². The van der Waals surface area contributed by atoms with Crippen molar-refractivity contribution in [3.8, 4) is 11.5 Å². The molecule has 0 saturated heterocycles. The fourth-order valence-corrected chi connectivity index (χ4v) is 2.44. The van der Waals surface area contributed by atoms with E-state index in [2.05, 4.69) is 31.8 Å². The van der Waals surface area contributed by atoms with Crippen LogP contribution in [0.1, 0.15) is 15.9 Å². The number of benzene rings is 2. The summed E-state index contributed by atoms with van der Waals surface area (Å²) in [6.45, 7) is -0.186. The Bertz CT molecular complexity index is 824. The zero-order valence-electron chi connectivity index (χ0n) is 14.3. The maximum Gasteiger partial charge on any atom is 0.259 e. The molecule has 0 fully saturated rings. The molecular formula is C18H18BrN3O4. The number of methoxy groups -OCH3 is 2. The summed E-state index contributed by atoms with van der Waals surface area (Å²) in [5.74, 6) is 0.378. The third-order valence-electron chi connectivity index (χ3n) is 3.31. The van der Waals surface area contributed by atoms with E-state index in [1.54, 1.807) is 43.5 Å². The van der Waals surface area contributed by atoms with Gasteiger partial charge in [-0.2, -0.15) is 5.10 Å². The van der Waals surface area contributed by atoms with Crippen molar-refractivity contribution < 1.29 is 19.1 Å². The molecule has 7 nitrogen and oxygen atoms in total. The normalized spacial score (nSPS) is 10.4. The highest BCUT2D eigenvalue weighted by molar-refractivity contribution is 9.10. The molecule has 0 heterocycles. The molecule has 0 aliphatic heterocycles. The van der Waals surface area contributed by atoms with Crippen molar-refractivity contribution in [2.75, 3.05) is 20.8 Å². The highest BCUT2D eigenvalue weighted by Crippen LogP contribution is 2.26. The van der Waals surface area contributed by atoms with Gasteiger partial charge in [0.25, 0.3) is 11.8 Å². The monoisotopic (exact) mass is 419 g/mol. The summed E-state index contributed by atoms with van der Waals surface area (Å²) in [5, 5.41) is 6.38. The van der Waals surface area contributed by atoms with Crippen LogP contribution < -0.4 is 20.2 Å². The molecule has 2 aromatic rings. The lowest BCUT2D eigenvalue weighted by Gasteiger charge is -2.07. The number of carbonyl (C=O) groups excluding carboxylic acids is 2. The molecule has 0 aliphatic rings. The van der Waals surface area contributed by atoms with Gasteiger partial charge >= 0.3 is 0 Å². The summed E-state index contributed by atoms with van der Waals surface area (Å²) >= 11 is 3.29. The lowest BCUT2D eigenvalue weighted by Crippen LogP contribution is -2.34. The standard InChI is InChI=1S/C18H18BrN3O4/c1-25-15-7-6-12(8-16(15)26-2)10-21-22-17(23)11-20-18(24)13-4-3-5-14(19)9-13/h3-10H,11H2,1-2H3,(H,20,24)(H,22,23)/b21-10-. The van der Waals surface area contributed by atoms with Crippen molar-refractivity contribution >= 4 is 34.0 Å². The fraction of sp³-hybridized carbons (Fsp3) is 0.167. The van der Waals surface area contributed by atoms with Crippen LogP contribution in [0.3, 0.4) is 0 Å². The average Bonchev–Trinajstić information content (AvgIpc) is 2.65. The summed E-state index contributed by atoms with van der Waals surface area (Å²) < 4.78 is 11.1. The Morgan fingerprint density at radius 3 is 2.58 bits per heavy atom. The number of nitrogens with one attached hydrogen (secondary N) is 2. The lowest BCUT2D eigenvalue weighted by atomic mass is 10.2. The Balaban J connectivity index is 1.85. The van der Waals surface area contributed by atoms with Crippen LogP contribution in [0.25, 0.3) is 0 Å². The van der Waals surface area contributed by atoms with Gasteiger partial charge in [-0.25, -0.2) is 5.43 Å². The zero-order chi connectivity index (χ0) is 18.9. The molecule has 0 aliphatic carbocycles. The summed E-state index contributed by atoms with van der Waals surface area (Å²) in [5.41, 5.74) is 3.53. The minimum absolute atomic E-state index is 0.186. The smallest absolute Gasteiger partial charge is 0.259 e. The fourth-order valence-electron chi connectivity index (χ4n) is 2.04. The van der Waals surface area contributed by atoms with Crippen molar-refractivity contribution in [1.82, 2.24) is 10.7 Å². The molecular weight excluding hydrogens is 402 g/mol. The van der Waals surface area contributed by atoms with Gasteiger partial charge < -0.3 is 14.8 Å². The van der Waals surface area contributed by atoms with E-state index in [1.165, 1.54) is 13.3 Å². The number of rotatable bonds is 7. The van der Waals surface area contributed by atoms with E-state index in [4.69, 9.17) is 9.47 Å². The van der Waals surface area contributed by atoms with Crippen LogP contribution in [-0.4, -0.2) is 38.8 Å². The van der Waals surface area contributed by atoms with Gasteiger partial charge in [-0.1, -0.05) is 22.0 Å². The van der Waals surface area contributed by atoms with Gasteiger partial charge in [-0.15, -0.1) is 0 Å². The predicted octanol–water partition coefficient (Wildman–Crippen LogP) is 2.35. The van der Waals surface area contributed by atoms with Gasteiger partial charge in [-0.05, 0) is 42.0 Å². The molecule has 8 heteroatoms. The Morgan fingerprint density at radius 2 is 1.88 bits per heavy atom. The number of hydrazone groups is 1. The Labute approximate surface area is 159 Å². The molecule has 2 aromatic carbocycles. The molecule has 0 saturated carbocycles. The highest BCUT2D eigenvalue weighted by atomic mass is 79.9. The van der Waals surface area contributed by atoms with Crippen molar-refractivity contribution in [3.05, 3.63) is 58.1 Å². The van der Waals surface area contributed by atoms with Gasteiger partial charge in [0.05, 0.1) is 27.0 Å². The molecule has 0 unspecified atom stereocenters. The molecule has 0 radical (unpaired) electrons. The third kappa shape index (κ3) is 5.59. The summed E-state index contributed by atoms with van der Waals surface area (Å²) in [6, 6.07) is 12.1. The highest BCUT2D eigenvalue weighted by Gasteiger charge is 2.08. The molecule has 2 rings (SSSR count). The Hall–Kier alpha value is -2.87. The van der Waals surface area contributed by atoms with E-state index in [0.29, 0.717) is 17.1 Å². The van der Waals surface area contributed by atoms with Crippen LogP contribution in [0.2, 0.25) is 0 Å². The van der Waals surface area contributed by atoms with Crippen molar-refractivity contribution in [2.45, 2.75) is 0 Å². The lowest BCUT2D eigenvalue weighted by molar-refractivity contribution is -0.120. The number of halogens is 1. The van der Waals surface area contributed by atoms with Crippen LogP contribution in [0.4, 0.5) is 0 Å². The van der Waals surface area contributed by atoms with Gasteiger partial charge in [0.2, 0.25) is 0 Å². The van der Waals surface area contributed by atoms with Gasteiger partial charge in [0.15, 0.2) is 11.5 Å². The first kappa shape index (κ1) is 19.5. The molecule has 136 valence electrons. The minimum atomic E-state index is -0.440. The van der Waals surface area contributed by atoms with E-state index in [0.717, 1.165) is 10.0 Å². The number of hydrogen-bond donors (Lipinski definition) is 2. The van der Waals surface area contributed by atoms with Crippen LogP contribution >= 0.6 is 15.9 Å². The Morgan fingerprint density at radius 1 is 1.12 bits per heavy atom. The molecule has 26 heavy (non-hydrogen) atoms. The number of nitrogens with zero attached hydrogens (tertiary/aromatic N) is 1. The SMILES string of the molecule is COc1ccc(/C=N\NC(=O)CNC(=O)c2cccc(Br)c2)cc1OC. The summed E-state index contributed by atoms with van der Waals surface area (Å²) in [7, 11) is 3.09. The first-order valence-corrected chi connectivity index (χ1v) is 8.40. The van der Waals surface area contributed by atoms with Crippen LogP contribution in [0.5, 0.6) is 11.5 Å². The van der Waals surface area contributed by atoms with E-state index >= 15 is 0 Å². The topological polar surface area (TPSA) is 89.0 Å². The molecule has 0 atom stereocenters. The molecule has 0 aromatic heterocycles. The van der Waals surface area contributed by atoms with Crippen molar-refractivity contribution in [2.24, 2.45) is 5.10 Å². The molecule has 0 spiro atoms. The minimum Gasteiger partial charge on any atom is -0.493 e. The maximum absolute atomic E-state index is 12.0. The number of hydrogen-bond acceptors (Lipinski definition) is 5. The second kappa shape index (κ2) is 9.57.